The fraction of sp³-hybridized carbons (Fsp3) is 0. The smallest absolute Gasteiger partial charge is 0.237 e. The molecular weight excluding hydrogens is 593 g/mol. The molecule has 4 aromatic heterocycles. The Labute approximate surface area is 272 Å². The van der Waals surface area contributed by atoms with Gasteiger partial charge in [0.1, 0.15) is 0 Å². The van der Waals surface area contributed by atoms with Gasteiger partial charge in [0.15, 0.2) is 5.82 Å². The second-order valence-corrected chi connectivity index (χ2v) is 13.2. The topological polar surface area (TPSA) is 35.6 Å². The Morgan fingerprint density at radius 1 is 0.426 bits per heavy atom. The summed E-state index contributed by atoms with van der Waals surface area (Å²) in [5, 5.41) is 10.9. The molecule has 11 aromatic rings. The summed E-state index contributed by atoms with van der Waals surface area (Å²) in [6.07, 6.45) is 0. The van der Waals surface area contributed by atoms with Gasteiger partial charge in [0, 0.05) is 52.5 Å². The molecule has 0 aliphatic heterocycles. The summed E-state index contributed by atoms with van der Waals surface area (Å²) in [6.45, 7) is 0. The third kappa shape index (κ3) is 3.36. The maximum absolute atomic E-state index is 5.53. The van der Waals surface area contributed by atoms with E-state index in [1.807, 2.05) is 11.3 Å². The molecule has 47 heavy (non-hydrogen) atoms. The van der Waals surface area contributed by atoms with Crippen LogP contribution in [0.1, 0.15) is 0 Å². The standard InChI is InChI=1S/C42H24N4S/c1-6-16-33-32(15-1)41(45-34-17-7-2-11-26(34)27-12-3-8-18-35(27)45)44-42(43-33)46-36-19-9-4-13-28(36)30-23-21-25-22-24-31-29-14-5-10-20-37(29)47-40(31)38(25)39(30)46/h1-24H. The van der Waals surface area contributed by atoms with Crippen molar-refractivity contribution in [2.24, 2.45) is 0 Å². The van der Waals surface area contributed by atoms with Crippen molar-refractivity contribution in [3.05, 3.63) is 146 Å². The van der Waals surface area contributed by atoms with Gasteiger partial charge in [0.05, 0.1) is 27.6 Å². The molecule has 0 amide bonds. The van der Waals surface area contributed by atoms with Gasteiger partial charge in [-0.2, -0.15) is 4.98 Å². The minimum atomic E-state index is 0.664. The average molecular weight is 617 g/mol. The molecule has 4 heterocycles. The van der Waals surface area contributed by atoms with E-state index in [2.05, 4.69) is 155 Å². The second-order valence-electron chi connectivity index (χ2n) is 12.2. The zero-order valence-corrected chi connectivity index (χ0v) is 25.9. The van der Waals surface area contributed by atoms with Crippen LogP contribution >= 0.6 is 11.3 Å². The van der Waals surface area contributed by atoms with Crippen LogP contribution in [-0.4, -0.2) is 19.1 Å². The van der Waals surface area contributed by atoms with Gasteiger partial charge >= 0.3 is 0 Å². The molecule has 4 nitrogen and oxygen atoms in total. The lowest BCUT2D eigenvalue weighted by molar-refractivity contribution is 0.974. The van der Waals surface area contributed by atoms with Crippen LogP contribution in [0.2, 0.25) is 0 Å². The Hall–Kier alpha value is -6.04. The Morgan fingerprint density at radius 2 is 0.979 bits per heavy atom. The highest BCUT2D eigenvalue weighted by molar-refractivity contribution is 7.26. The summed E-state index contributed by atoms with van der Waals surface area (Å²) in [5.41, 5.74) is 5.40. The molecule has 5 heteroatoms. The van der Waals surface area contributed by atoms with E-state index in [4.69, 9.17) is 9.97 Å². The first-order valence-corrected chi connectivity index (χ1v) is 16.7. The van der Waals surface area contributed by atoms with Crippen molar-refractivity contribution in [1.82, 2.24) is 19.1 Å². The third-order valence-corrected chi connectivity index (χ3v) is 10.9. The number of rotatable bonds is 2. The fourth-order valence-corrected chi connectivity index (χ4v) is 8.98. The van der Waals surface area contributed by atoms with E-state index in [0.717, 1.165) is 38.8 Å². The normalized spacial score (nSPS) is 12.3. The van der Waals surface area contributed by atoms with Crippen LogP contribution in [0.25, 0.3) is 97.2 Å². The first kappa shape index (κ1) is 25.2. The number of hydrogen-bond acceptors (Lipinski definition) is 3. The van der Waals surface area contributed by atoms with Crippen molar-refractivity contribution in [3.8, 4) is 11.8 Å². The summed E-state index contributed by atoms with van der Waals surface area (Å²) < 4.78 is 7.21. The average Bonchev–Trinajstić information content (AvgIpc) is 3.79. The van der Waals surface area contributed by atoms with Gasteiger partial charge in [-0.1, -0.05) is 109 Å². The predicted octanol–water partition coefficient (Wildman–Crippen LogP) is 11.3. The van der Waals surface area contributed by atoms with Gasteiger partial charge in [0.25, 0.3) is 0 Å². The number of thiophene rings is 1. The van der Waals surface area contributed by atoms with Crippen molar-refractivity contribution in [2.45, 2.75) is 0 Å². The van der Waals surface area contributed by atoms with Crippen molar-refractivity contribution >= 4 is 96.8 Å². The van der Waals surface area contributed by atoms with Crippen LogP contribution in [0.15, 0.2) is 146 Å². The van der Waals surface area contributed by atoms with Crippen LogP contribution in [0.4, 0.5) is 0 Å². The number of para-hydroxylation sites is 4. The summed E-state index contributed by atoms with van der Waals surface area (Å²) in [6, 6.07) is 52.1. The van der Waals surface area contributed by atoms with Crippen LogP contribution in [-0.2, 0) is 0 Å². The summed E-state index contributed by atoms with van der Waals surface area (Å²) in [7, 11) is 0. The lowest BCUT2D eigenvalue weighted by Gasteiger charge is -2.14. The Kier molecular flexibility index (Phi) is 4.96. The molecule has 11 rings (SSSR count). The first-order valence-electron chi connectivity index (χ1n) is 15.9. The van der Waals surface area contributed by atoms with E-state index in [1.54, 1.807) is 0 Å². The van der Waals surface area contributed by atoms with Crippen LogP contribution in [0.3, 0.4) is 0 Å². The Balaban J connectivity index is 1.34. The predicted molar refractivity (Wildman–Crippen MR) is 199 cm³/mol. The second kappa shape index (κ2) is 9.25. The van der Waals surface area contributed by atoms with E-state index in [0.29, 0.717) is 5.95 Å². The fourth-order valence-electron chi connectivity index (χ4n) is 7.72. The zero-order valence-electron chi connectivity index (χ0n) is 25.1. The molecule has 0 atom stereocenters. The number of nitrogens with zero attached hydrogens (tertiary/aromatic N) is 4. The molecule has 0 unspecified atom stereocenters. The van der Waals surface area contributed by atoms with Crippen LogP contribution in [0.5, 0.6) is 0 Å². The van der Waals surface area contributed by atoms with E-state index in [1.165, 1.54) is 52.5 Å². The molecule has 0 radical (unpaired) electrons. The first-order chi connectivity index (χ1) is 23.3. The van der Waals surface area contributed by atoms with E-state index >= 15 is 0 Å². The molecule has 0 aliphatic rings. The van der Waals surface area contributed by atoms with Crippen LogP contribution < -0.4 is 0 Å². The highest BCUT2D eigenvalue weighted by atomic mass is 32.1. The summed E-state index contributed by atoms with van der Waals surface area (Å²) in [4.78, 5) is 10.9. The van der Waals surface area contributed by atoms with Crippen LogP contribution in [0, 0.1) is 0 Å². The molecule has 0 spiro atoms. The maximum atomic E-state index is 5.53. The zero-order chi connectivity index (χ0) is 30.6. The van der Waals surface area contributed by atoms with Crippen molar-refractivity contribution in [3.63, 3.8) is 0 Å². The molecule has 0 aliphatic carbocycles. The molecule has 7 aromatic carbocycles. The SMILES string of the molecule is c1ccc2c(-n3c4ccccc4c4ccccc43)nc(-n3c4ccccc4c4ccc5ccc6c7ccccc7sc6c5c43)nc2c1. The molecule has 0 fully saturated rings. The molecule has 0 bridgehead atoms. The lowest BCUT2D eigenvalue weighted by atomic mass is 10.0. The molecule has 218 valence electrons. The van der Waals surface area contributed by atoms with Gasteiger partial charge in [-0.15, -0.1) is 11.3 Å². The highest BCUT2D eigenvalue weighted by Crippen LogP contribution is 2.44. The van der Waals surface area contributed by atoms with Crippen molar-refractivity contribution in [1.29, 1.82) is 0 Å². The van der Waals surface area contributed by atoms with Gasteiger partial charge in [0.2, 0.25) is 5.95 Å². The number of benzene rings is 7. The number of hydrogen-bond donors (Lipinski definition) is 0. The van der Waals surface area contributed by atoms with Gasteiger partial charge < -0.3 is 0 Å². The molecule has 0 N–H and O–H groups in total. The van der Waals surface area contributed by atoms with Crippen molar-refractivity contribution < 1.29 is 0 Å². The Bertz CT molecular complexity index is 3030. The Morgan fingerprint density at radius 3 is 1.70 bits per heavy atom. The lowest BCUT2D eigenvalue weighted by Crippen LogP contribution is -2.07. The largest absolute Gasteiger partial charge is 0.293 e. The number of fused-ring (bicyclic) bond motifs is 13. The minimum absolute atomic E-state index is 0.664. The minimum Gasteiger partial charge on any atom is -0.293 e. The maximum Gasteiger partial charge on any atom is 0.237 e. The highest BCUT2D eigenvalue weighted by Gasteiger charge is 2.22. The quantitative estimate of drug-likeness (QED) is 0.194. The van der Waals surface area contributed by atoms with Gasteiger partial charge in [-0.3, -0.25) is 9.13 Å². The number of aromatic nitrogens is 4. The molecule has 0 saturated carbocycles. The van der Waals surface area contributed by atoms with E-state index in [9.17, 15) is 0 Å². The monoisotopic (exact) mass is 616 g/mol. The van der Waals surface area contributed by atoms with Crippen molar-refractivity contribution in [2.75, 3.05) is 0 Å². The molecular formula is C42H24N4S. The third-order valence-electron chi connectivity index (χ3n) is 9.72. The van der Waals surface area contributed by atoms with E-state index in [-0.39, 0.29) is 0 Å². The summed E-state index contributed by atoms with van der Waals surface area (Å²) >= 11 is 1.87. The van der Waals surface area contributed by atoms with Gasteiger partial charge in [-0.05, 0) is 41.8 Å². The van der Waals surface area contributed by atoms with E-state index < -0.39 is 0 Å². The molecule has 0 saturated heterocycles. The van der Waals surface area contributed by atoms with Gasteiger partial charge in [-0.25, -0.2) is 4.98 Å². The summed E-state index contributed by atoms with van der Waals surface area (Å²) in [5.74, 6) is 1.54.